The zero-order valence-electron chi connectivity index (χ0n) is 21.3. The van der Waals surface area contributed by atoms with Crippen molar-refractivity contribution in [3.63, 3.8) is 0 Å². The predicted molar refractivity (Wildman–Crippen MR) is 148 cm³/mol. The smallest absolute Gasteiger partial charge is 0.273 e. The largest absolute Gasteiger partial charge is 0.497 e. The number of carbonyl (C=O) groups is 1. The minimum Gasteiger partial charge on any atom is -0.497 e. The van der Waals surface area contributed by atoms with Crippen LogP contribution in [0.1, 0.15) is 65.3 Å². The molecule has 6 nitrogen and oxygen atoms in total. The molecule has 1 saturated carbocycles. The fraction of sp³-hybridized carbons (Fsp3) is 0.290. The Morgan fingerprint density at radius 3 is 2.29 bits per heavy atom. The van der Waals surface area contributed by atoms with Gasteiger partial charge in [0.25, 0.3) is 5.91 Å². The van der Waals surface area contributed by atoms with Gasteiger partial charge in [0.2, 0.25) is 0 Å². The van der Waals surface area contributed by atoms with E-state index >= 15 is 0 Å². The maximum absolute atomic E-state index is 13.8. The number of amides is 1. The lowest BCUT2D eigenvalue weighted by molar-refractivity contribution is 0.0606. The lowest BCUT2D eigenvalue weighted by atomic mass is 9.91. The Hall–Kier alpha value is -3.77. The first-order valence-electron chi connectivity index (χ1n) is 13.1. The van der Waals surface area contributed by atoms with Crippen molar-refractivity contribution in [1.82, 2.24) is 15.1 Å². The zero-order chi connectivity index (χ0) is 26.1. The molecule has 2 heterocycles. The molecule has 0 saturated heterocycles. The number of fused-ring (bicyclic) bond motifs is 1. The van der Waals surface area contributed by atoms with Crippen LogP contribution in [0.3, 0.4) is 0 Å². The number of methoxy groups -OCH3 is 1. The van der Waals surface area contributed by atoms with Crippen LogP contribution in [-0.4, -0.2) is 34.2 Å². The summed E-state index contributed by atoms with van der Waals surface area (Å²) >= 11 is 6.00. The van der Waals surface area contributed by atoms with Gasteiger partial charge >= 0.3 is 0 Å². The standard InChI is InChI=1S/C31H30ClN3O3/c1-37-25-15-9-21(10-16-25)28-27-29(34-33-28)31(36)35(24-5-3-2-4-6-24)30(27)22-11-17-26(18-12-22)38-19-20-7-13-23(32)14-8-20/h7-18,24,30H,2-6,19H2,1H3,(H,33,34). The van der Waals surface area contributed by atoms with Crippen molar-refractivity contribution in [2.24, 2.45) is 0 Å². The first-order valence-corrected chi connectivity index (χ1v) is 13.5. The van der Waals surface area contributed by atoms with Crippen molar-refractivity contribution in [3.05, 3.63) is 100 Å². The molecule has 1 amide bonds. The maximum Gasteiger partial charge on any atom is 0.273 e. The van der Waals surface area contributed by atoms with E-state index in [-0.39, 0.29) is 18.0 Å². The molecule has 1 fully saturated rings. The topological polar surface area (TPSA) is 67.5 Å². The van der Waals surface area contributed by atoms with Crippen molar-refractivity contribution >= 4 is 17.5 Å². The van der Waals surface area contributed by atoms with Gasteiger partial charge in [-0.1, -0.05) is 55.1 Å². The van der Waals surface area contributed by atoms with Crippen LogP contribution in [0.15, 0.2) is 72.8 Å². The summed E-state index contributed by atoms with van der Waals surface area (Å²) in [5.74, 6) is 1.60. The SMILES string of the molecule is COc1ccc(-c2n[nH]c3c2C(c2ccc(OCc4ccc(Cl)cc4)cc2)N(C2CCCCC2)C3=O)cc1. The fourth-order valence-corrected chi connectivity index (χ4v) is 5.82. The highest BCUT2D eigenvalue weighted by molar-refractivity contribution is 6.30. The molecule has 38 heavy (non-hydrogen) atoms. The van der Waals surface area contributed by atoms with Gasteiger partial charge in [0.15, 0.2) is 0 Å². The number of carbonyl (C=O) groups excluding carboxylic acids is 1. The van der Waals surface area contributed by atoms with Gasteiger partial charge in [-0.2, -0.15) is 5.10 Å². The molecule has 6 rings (SSSR count). The predicted octanol–water partition coefficient (Wildman–Crippen LogP) is 7.20. The Balaban J connectivity index is 1.33. The van der Waals surface area contributed by atoms with Gasteiger partial charge in [-0.05, 0) is 72.5 Å². The summed E-state index contributed by atoms with van der Waals surface area (Å²) in [6.07, 6.45) is 5.58. The molecule has 1 aliphatic carbocycles. The lowest BCUT2D eigenvalue weighted by Gasteiger charge is -2.36. The monoisotopic (exact) mass is 527 g/mol. The molecule has 0 spiro atoms. The quantitative estimate of drug-likeness (QED) is 0.276. The molecule has 1 aromatic heterocycles. The van der Waals surface area contributed by atoms with Gasteiger partial charge < -0.3 is 14.4 Å². The summed E-state index contributed by atoms with van der Waals surface area (Å²) in [7, 11) is 1.65. The van der Waals surface area contributed by atoms with Gasteiger partial charge in [-0.25, -0.2) is 0 Å². The van der Waals surface area contributed by atoms with Crippen molar-refractivity contribution in [1.29, 1.82) is 0 Å². The average Bonchev–Trinajstić information content (AvgIpc) is 3.52. The summed E-state index contributed by atoms with van der Waals surface area (Å²) in [4.78, 5) is 15.9. The Labute approximate surface area is 227 Å². The highest BCUT2D eigenvalue weighted by atomic mass is 35.5. The Bertz CT molecular complexity index is 1410. The number of benzene rings is 3. The van der Waals surface area contributed by atoms with Crippen LogP contribution < -0.4 is 9.47 Å². The Morgan fingerprint density at radius 2 is 1.61 bits per heavy atom. The Kier molecular flexibility index (Phi) is 6.81. The van der Waals surface area contributed by atoms with E-state index in [9.17, 15) is 4.79 Å². The first-order chi connectivity index (χ1) is 18.6. The summed E-state index contributed by atoms with van der Waals surface area (Å²) in [6, 6.07) is 23.6. The zero-order valence-corrected chi connectivity index (χ0v) is 22.1. The van der Waals surface area contributed by atoms with Crippen LogP contribution in [-0.2, 0) is 6.61 Å². The van der Waals surface area contributed by atoms with Crippen LogP contribution >= 0.6 is 11.6 Å². The average molecular weight is 528 g/mol. The van der Waals surface area contributed by atoms with Gasteiger partial charge in [-0.3, -0.25) is 9.89 Å². The van der Waals surface area contributed by atoms with Gasteiger partial charge in [0.05, 0.1) is 18.8 Å². The van der Waals surface area contributed by atoms with E-state index in [1.54, 1.807) is 7.11 Å². The van der Waals surface area contributed by atoms with E-state index < -0.39 is 0 Å². The van der Waals surface area contributed by atoms with Crippen molar-refractivity contribution in [3.8, 4) is 22.8 Å². The number of aromatic amines is 1. The van der Waals surface area contributed by atoms with Gasteiger partial charge in [-0.15, -0.1) is 0 Å². The molecule has 2 aliphatic rings. The van der Waals surface area contributed by atoms with Crippen LogP contribution in [0.25, 0.3) is 11.3 Å². The number of nitrogens with zero attached hydrogens (tertiary/aromatic N) is 2. The molecule has 4 aromatic rings. The molecule has 7 heteroatoms. The number of aromatic nitrogens is 2. The van der Waals surface area contributed by atoms with E-state index in [1.165, 1.54) is 6.42 Å². The van der Waals surface area contributed by atoms with Crippen LogP contribution in [0.4, 0.5) is 0 Å². The number of H-pyrrole nitrogens is 1. The third kappa shape index (κ3) is 4.65. The van der Waals surface area contributed by atoms with E-state index in [2.05, 4.69) is 27.2 Å². The normalized spacial score (nSPS) is 17.5. The maximum atomic E-state index is 13.8. The molecular formula is C31H30ClN3O3. The van der Waals surface area contributed by atoms with Crippen LogP contribution in [0.5, 0.6) is 11.5 Å². The molecule has 1 N–H and O–H groups in total. The highest BCUT2D eigenvalue weighted by Crippen LogP contribution is 2.46. The summed E-state index contributed by atoms with van der Waals surface area (Å²) < 4.78 is 11.4. The minimum absolute atomic E-state index is 0.0345. The van der Waals surface area contributed by atoms with Crippen LogP contribution in [0, 0.1) is 0 Å². The number of nitrogens with one attached hydrogen (secondary N) is 1. The van der Waals surface area contributed by atoms with E-state index in [1.807, 2.05) is 60.7 Å². The number of rotatable bonds is 7. The second-order valence-corrected chi connectivity index (χ2v) is 10.4. The van der Waals surface area contributed by atoms with Crippen molar-refractivity contribution < 1.29 is 14.3 Å². The fourth-order valence-electron chi connectivity index (χ4n) is 5.69. The van der Waals surface area contributed by atoms with E-state index in [0.717, 1.165) is 65.1 Å². The lowest BCUT2D eigenvalue weighted by Crippen LogP contribution is -2.40. The first kappa shape index (κ1) is 24.6. The number of halogens is 1. The minimum atomic E-state index is -0.207. The molecule has 3 aromatic carbocycles. The molecule has 0 bridgehead atoms. The number of ether oxygens (including phenoxy) is 2. The number of hydrogen-bond donors (Lipinski definition) is 1. The molecule has 0 radical (unpaired) electrons. The molecule has 194 valence electrons. The third-order valence-electron chi connectivity index (χ3n) is 7.65. The third-order valence-corrected chi connectivity index (χ3v) is 7.90. The van der Waals surface area contributed by atoms with Crippen molar-refractivity contribution in [2.75, 3.05) is 7.11 Å². The summed E-state index contributed by atoms with van der Waals surface area (Å²) in [5.41, 5.74) is 5.40. The second kappa shape index (κ2) is 10.5. The molecule has 1 aliphatic heterocycles. The van der Waals surface area contributed by atoms with Crippen molar-refractivity contribution in [2.45, 2.75) is 50.8 Å². The Morgan fingerprint density at radius 1 is 0.921 bits per heavy atom. The second-order valence-electron chi connectivity index (χ2n) is 9.98. The van der Waals surface area contributed by atoms with Gasteiger partial charge in [0, 0.05) is 22.2 Å². The van der Waals surface area contributed by atoms with E-state index in [0.29, 0.717) is 17.3 Å². The molecule has 1 unspecified atom stereocenters. The number of hydrogen-bond acceptors (Lipinski definition) is 4. The van der Waals surface area contributed by atoms with Crippen LogP contribution in [0.2, 0.25) is 5.02 Å². The highest BCUT2D eigenvalue weighted by Gasteiger charge is 2.45. The summed E-state index contributed by atoms with van der Waals surface area (Å²) in [6.45, 7) is 0.458. The van der Waals surface area contributed by atoms with Gasteiger partial charge in [0.1, 0.15) is 23.8 Å². The van der Waals surface area contributed by atoms with E-state index in [4.69, 9.17) is 21.1 Å². The summed E-state index contributed by atoms with van der Waals surface area (Å²) in [5, 5.41) is 8.40. The molecule has 1 atom stereocenters. The molecular weight excluding hydrogens is 498 g/mol.